The summed E-state index contributed by atoms with van der Waals surface area (Å²) in [4.78, 5) is 15.8. The van der Waals surface area contributed by atoms with Crippen molar-refractivity contribution in [2.45, 2.75) is 18.6 Å². The third kappa shape index (κ3) is 4.11. The minimum Gasteiger partial charge on any atom is -0.618 e. The van der Waals surface area contributed by atoms with Crippen molar-refractivity contribution < 1.29 is 31.1 Å². The van der Waals surface area contributed by atoms with Gasteiger partial charge < -0.3 is 9.77 Å². The molecule has 7 nitrogen and oxygen atoms in total. The van der Waals surface area contributed by atoms with E-state index in [1.54, 1.807) is 0 Å². The lowest BCUT2D eigenvalue weighted by atomic mass is 10.1. The van der Waals surface area contributed by atoms with E-state index in [-0.39, 0.29) is 36.7 Å². The zero-order valence-electron chi connectivity index (χ0n) is 16.0. The standard InChI is InChI=1S/C19H10ClF6N5O2/c20-15-3-4-30(28-15)11-6-12(21)17(31(33)8-11)13-5-10-1-2-16(32)29(14(10)7-27-13)9-18(22,23)19(24,25)26/h1-8H,9H2. The predicted molar refractivity (Wildman–Crippen MR) is 103 cm³/mol. The van der Waals surface area contributed by atoms with Crippen LogP contribution in [-0.4, -0.2) is 31.4 Å². The first-order valence-electron chi connectivity index (χ1n) is 8.96. The van der Waals surface area contributed by atoms with Gasteiger partial charge >= 0.3 is 12.1 Å². The van der Waals surface area contributed by atoms with E-state index in [1.807, 2.05) is 0 Å². The van der Waals surface area contributed by atoms with Crippen molar-refractivity contribution >= 4 is 22.5 Å². The van der Waals surface area contributed by atoms with Crippen molar-refractivity contribution in [2.75, 3.05) is 0 Å². The molecule has 0 aromatic carbocycles. The average molecular weight is 490 g/mol. The van der Waals surface area contributed by atoms with Gasteiger partial charge in [0, 0.05) is 23.7 Å². The lowest BCUT2D eigenvalue weighted by Crippen LogP contribution is -2.42. The van der Waals surface area contributed by atoms with E-state index in [0.717, 1.165) is 41.3 Å². The molecule has 0 aliphatic rings. The van der Waals surface area contributed by atoms with Crippen molar-refractivity contribution in [3.8, 4) is 17.1 Å². The fourth-order valence-electron chi connectivity index (χ4n) is 3.10. The molecule has 0 spiro atoms. The Morgan fingerprint density at radius 2 is 1.85 bits per heavy atom. The zero-order chi connectivity index (χ0) is 24.1. The second kappa shape index (κ2) is 7.76. The van der Waals surface area contributed by atoms with Crippen LogP contribution in [0.1, 0.15) is 0 Å². The molecule has 0 radical (unpaired) electrons. The molecule has 4 rings (SSSR count). The van der Waals surface area contributed by atoms with Crippen LogP contribution >= 0.6 is 11.6 Å². The van der Waals surface area contributed by atoms with Crippen LogP contribution in [0.3, 0.4) is 0 Å². The largest absolute Gasteiger partial charge is 0.618 e. The number of pyridine rings is 3. The Bertz CT molecular complexity index is 1410. The van der Waals surface area contributed by atoms with E-state index in [0.29, 0.717) is 0 Å². The van der Waals surface area contributed by atoms with Gasteiger partial charge in [-0.3, -0.25) is 4.79 Å². The maximum atomic E-state index is 14.8. The second-order valence-electron chi connectivity index (χ2n) is 6.89. The van der Waals surface area contributed by atoms with E-state index in [1.165, 1.54) is 12.3 Å². The van der Waals surface area contributed by atoms with Gasteiger partial charge in [0.1, 0.15) is 11.4 Å². The topological polar surface area (TPSA) is 79.7 Å². The van der Waals surface area contributed by atoms with Crippen LogP contribution in [0.4, 0.5) is 26.3 Å². The molecule has 4 aromatic heterocycles. The van der Waals surface area contributed by atoms with Gasteiger partial charge in [0.25, 0.3) is 11.3 Å². The molecule has 0 aliphatic carbocycles. The summed E-state index contributed by atoms with van der Waals surface area (Å²) in [7, 11) is 0. The summed E-state index contributed by atoms with van der Waals surface area (Å²) in [6, 6.07) is 5.40. The summed E-state index contributed by atoms with van der Waals surface area (Å²) in [5.74, 6) is -6.20. The number of alkyl halides is 5. The Hall–Kier alpha value is -3.61. The van der Waals surface area contributed by atoms with Crippen LogP contribution in [0, 0.1) is 11.0 Å². The van der Waals surface area contributed by atoms with Crippen molar-refractivity contribution in [2.24, 2.45) is 0 Å². The smallest absolute Gasteiger partial charge is 0.455 e. The minimum atomic E-state index is -5.88. The number of aromatic nitrogens is 5. The van der Waals surface area contributed by atoms with Crippen LogP contribution in [-0.2, 0) is 6.54 Å². The average Bonchev–Trinajstić information content (AvgIpc) is 3.15. The molecule has 0 unspecified atom stereocenters. The first kappa shape index (κ1) is 22.6. The van der Waals surface area contributed by atoms with Crippen molar-refractivity contribution in [3.63, 3.8) is 0 Å². The molecule has 33 heavy (non-hydrogen) atoms. The maximum Gasteiger partial charge on any atom is 0.455 e. The molecule has 0 bridgehead atoms. The molecule has 0 saturated carbocycles. The highest BCUT2D eigenvalue weighted by atomic mass is 35.5. The zero-order valence-corrected chi connectivity index (χ0v) is 16.8. The van der Waals surface area contributed by atoms with Gasteiger partial charge in [-0.25, -0.2) is 9.67 Å². The molecular weight excluding hydrogens is 480 g/mol. The van der Waals surface area contributed by atoms with Gasteiger partial charge in [0.15, 0.2) is 11.0 Å². The van der Waals surface area contributed by atoms with Gasteiger partial charge in [0.2, 0.25) is 6.20 Å². The van der Waals surface area contributed by atoms with Gasteiger partial charge in [0.05, 0.1) is 18.3 Å². The summed E-state index contributed by atoms with van der Waals surface area (Å²) in [6.45, 7) is -1.97. The van der Waals surface area contributed by atoms with E-state index in [4.69, 9.17) is 11.6 Å². The summed E-state index contributed by atoms with van der Waals surface area (Å²) in [5, 5.41) is 16.4. The lowest BCUT2D eigenvalue weighted by Gasteiger charge is -2.21. The molecular formula is C19H10ClF6N5O2. The van der Waals surface area contributed by atoms with Crippen molar-refractivity contribution in [1.29, 1.82) is 0 Å². The Labute approximate surface area is 184 Å². The fraction of sp³-hybridized carbons (Fsp3) is 0.158. The number of hydrogen-bond donors (Lipinski definition) is 0. The number of rotatable bonds is 4. The van der Waals surface area contributed by atoms with Gasteiger partial charge in [-0.15, -0.1) is 0 Å². The number of nitrogens with zero attached hydrogens (tertiary/aromatic N) is 5. The molecule has 0 saturated heterocycles. The number of hydrogen-bond acceptors (Lipinski definition) is 4. The third-order valence-corrected chi connectivity index (χ3v) is 4.88. The molecule has 14 heteroatoms. The summed E-state index contributed by atoms with van der Waals surface area (Å²) >= 11 is 5.71. The molecule has 0 aliphatic heterocycles. The molecule has 0 N–H and O–H groups in total. The van der Waals surface area contributed by atoms with Crippen LogP contribution in [0.15, 0.2) is 53.7 Å². The minimum absolute atomic E-state index is 0.0140. The summed E-state index contributed by atoms with van der Waals surface area (Å²) in [5.41, 5.74) is -2.21. The molecule has 172 valence electrons. The van der Waals surface area contributed by atoms with Crippen molar-refractivity contribution in [3.05, 3.63) is 75.5 Å². The van der Waals surface area contributed by atoms with E-state index < -0.39 is 35.7 Å². The van der Waals surface area contributed by atoms with Gasteiger partial charge in [-0.05, 0) is 18.2 Å². The summed E-state index contributed by atoms with van der Waals surface area (Å²) < 4.78 is 81.2. The number of halogens is 7. The van der Waals surface area contributed by atoms with Gasteiger partial charge in [-0.1, -0.05) is 11.6 Å². The highest BCUT2D eigenvalue weighted by Gasteiger charge is 2.57. The first-order chi connectivity index (χ1) is 15.4. The highest BCUT2D eigenvalue weighted by molar-refractivity contribution is 6.29. The van der Waals surface area contributed by atoms with E-state index in [2.05, 4.69) is 10.1 Å². The molecule has 0 fully saturated rings. The van der Waals surface area contributed by atoms with E-state index >= 15 is 0 Å². The van der Waals surface area contributed by atoms with Gasteiger partial charge in [-0.2, -0.15) is 36.2 Å². The van der Waals surface area contributed by atoms with Crippen LogP contribution in [0.2, 0.25) is 5.15 Å². The quantitative estimate of drug-likeness (QED) is 0.248. The van der Waals surface area contributed by atoms with Crippen molar-refractivity contribution in [1.82, 2.24) is 19.3 Å². The Balaban J connectivity index is 1.80. The molecule has 0 amide bonds. The Morgan fingerprint density at radius 1 is 1.12 bits per heavy atom. The molecule has 0 atom stereocenters. The maximum absolute atomic E-state index is 14.8. The van der Waals surface area contributed by atoms with Crippen LogP contribution < -0.4 is 10.3 Å². The van der Waals surface area contributed by atoms with Crippen LogP contribution in [0.5, 0.6) is 0 Å². The lowest BCUT2D eigenvalue weighted by molar-refractivity contribution is -0.595. The normalized spacial score (nSPS) is 12.5. The third-order valence-electron chi connectivity index (χ3n) is 4.68. The fourth-order valence-corrected chi connectivity index (χ4v) is 3.24. The van der Waals surface area contributed by atoms with E-state index in [9.17, 15) is 36.3 Å². The monoisotopic (exact) mass is 489 g/mol. The Morgan fingerprint density at radius 3 is 2.45 bits per heavy atom. The summed E-state index contributed by atoms with van der Waals surface area (Å²) in [6.07, 6.45) is -2.68. The first-order valence-corrected chi connectivity index (χ1v) is 9.34. The highest BCUT2D eigenvalue weighted by Crippen LogP contribution is 2.37. The number of fused-ring (bicyclic) bond motifs is 1. The SMILES string of the molecule is O=c1ccc2cc(-c3c(F)cc(-n4ccc(Cl)n4)c[n+]3[O-])ncc2n1CC(F)(F)C(F)(F)F. The predicted octanol–water partition coefficient (Wildman–Crippen LogP) is 3.87. The molecule has 4 heterocycles. The van der Waals surface area contributed by atoms with Crippen LogP contribution in [0.25, 0.3) is 28.0 Å². The Kier molecular flexibility index (Phi) is 5.31. The second-order valence-corrected chi connectivity index (χ2v) is 7.28. The molecule has 4 aromatic rings.